The molecule has 53 heavy (non-hydrogen) atoms. The van der Waals surface area contributed by atoms with Crippen LogP contribution in [0.1, 0.15) is 252 Å². The molecule has 0 amide bonds. The van der Waals surface area contributed by atoms with Gasteiger partial charge in [-0.15, -0.1) is 0 Å². The first-order valence-corrected chi connectivity index (χ1v) is 23.1. The predicted molar refractivity (Wildman–Crippen MR) is 224 cm³/mol. The minimum Gasteiger partial charge on any atom is -0.393 e. The van der Waals surface area contributed by atoms with E-state index in [1.54, 1.807) is 0 Å². The van der Waals surface area contributed by atoms with Gasteiger partial charge in [0.2, 0.25) is 5.60 Å². The van der Waals surface area contributed by atoms with E-state index in [1.165, 1.54) is 116 Å². The number of ketones is 3. The zero-order valence-corrected chi connectivity index (χ0v) is 35.4. The minimum atomic E-state index is -2.92. The summed E-state index contributed by atoms with van der Waals surface area (Å²) in [6, 6.07) is 0. The average molecular weight is 749 g/mol. The fourth-order valence-electron chi connectivity index (χ4n) is 7.48. The molecular weight excluding hydrogens is 661 g/mol. The maximum atomic E-state index is 13.7. The van der Waals surface area contributed by atoms with Crippen molar-refractivity contribution in [2.45, 2.75) is 263 Å². The Kier molecular flexibility index (Phi) is 35.3. The topological polar surface area (TPSA) is 112 Å². The van der Waals surface area contributed by atoms with Gasteiger partial charge in [0.25, 0.3) is 0 Å². The van der Waals surface area contributed by atoms with Crippen LogP contribution < -0.4 is 0 Å². The molecule has 2 unspecified atom stereocenters. The number of aliphatic hydroxyl groups excluding tert-OH is 1. The lowest BCUT2D eigenvalue weighted by Crippen LogP contribution is -2.69. The Morgan fingerprint density at radius 1 is 0.377 bits per heavy atom. The maximum Gasteiger partial charge on any atom is 0.219 e. The number of carbonyl (C=O) groups is 3. The van der Waals surface area contributed by atoms with E-state index in [4.69, 9.17) is 0 Å². The number of carbonyl (C=O) groups excluding carboxylic acids is 3. The first-order valence-electron chi connectivity index (χ1n) is 23.1. The van der Waals surface area contributed by atoms with Gasteiger partial charge in [-0.1, -0.05) is 206 Å². The molecule has 6 nitrogen and oxygen atoms in total. The minimum absolute atomic E-state index is 0.0808. The summed E-state index contributed by atoms with van der Waals surface area (Å²) in [5.74, 6) is -2.47. The van der Waals surface area contributed by atoms with Crippen molar-refractivity contribution in [2.75, 3.05) is 6.61 Å². The fourth-order valence-corrected chi connectivity index (χ4v) is 7.48. The summed E-state index contributed by atoms with van der Waals surface area (Å²) in [6.45, 7) is 5.51. The van der Waals surface area contributed by atoms with Crippen LogP contribution in [0.3, 0.4) is 0 Å². The Labute approximate surface area is 328 Å². The van der Waals surface area contributed by atoms with Crippen LogP contribution >= 0.6 is 0 Å². The Balaban J connectivity index is 5.02. The normalized spacial score (nSPS) is 14.1. The van der Waals surface area contributed by atoms with Gasteiger partial charge in [-0.25, -0.2) is 0 Å². The molecule has 3 N–H and O–H groups in total. The molecule has 2 atom stereocenters. The predicted octanol–water partition coefficient (Wildman–Crippen LogP) is 12.8. The van der Waals surface area contributed by atoms with Crippen LogP contribution in [0.5, 0.6) is 0 Å². The van der Waals surface area contributed by atoms with E-state index in [-0.39, 0.29) is 19.3 Å². The molecule has 0 aliphatic heterocycles. The lowest BCUT2D eigenvalue weighted by atomic mass is 9.71. The van der Waals surface area contributed by atoms with E-state index < -0.39 is 35.2 Å². The van der Waals surface area contributed by atoms with Crippen LogP contribution in [-0.4, -0.2) is 50.5 Å². The molecule has 0 spiro atoms. The Morgan fingerprint density at radius 3 is 0.962 bits per heavy atom. The summed E-state index contributed by atoms with van der Waals surface area (Å²) < 4.78 is 0. The highest BCUT2D eigenvalue weighted by molar-refractivity contribution is 6.16. The van der Waals surface area contributed by atoms with Crippen molar-refractivity contribution in [3.8, 4) is 0 Å². The molecule has 0 aromatic rings. The van der Waals surface area contributed by atoms with Gasteiger partial charge in [0, 0.05) is 19.3 Å². The second-order valence-corrected chi connectivity index (χ2v) is 16.2. The van der Waals surface area contributed by atoms with Gasteiger partial charge in [-0.05, 0) is 38.5 Å². The van der Waals surface area contributed by atoms with Crippen molar-refractivity contribution >= 4 is 17.3 Å². The maximum absolute atomic E-state index is 13.7. The number of rotatable bonds is 42. The van der Waals surface area contributed by atoms with E-state index in [0.29, 0.717) is 19.3 Å². The second kappa shape index (κ2) is 36.3. The SMILES string of the molecule is CCCC/C=C\CCCCCCCC(=O)C(O)(C(=O)CCCCCCCCCCCCCCC)C(O)(CO)C(=O)CCCCCCCCCCCCC. The Hall–Kier alpha value is -1.37. The standard InChI is InChI=1S/C47H88O6/c1-4-7-10-13-16-19-22-23-26-29-32-35-38-41-45(51)47(53,44(50)40-37-34-31-28-25-21-18-15-12-9-6-3)46(52,42-48)43(49)39-36-33-30-27-24-20-17-14-11-8-5-2/h15,18,48,52-53H,4-14,16-17,19-42H2,1-3H3/b18-15-. The van der Waals surface area contributed by atoms with Crippen molar-refractivity contribution in [1.82, 2.24) is 0 Å². The highest BCUT2D eigenvalue weighted by Gasteiger charge is 2.62. The van der Waals surface area contributed by atoms with Gasteiger partial charge in [-0.2, -0.15) is 0 Å². The van der Waals surface area contributed by atoms with Gasteiger partial charge in [0.05, 0.1) is 6.61 Å². The average Bonchev–Trinajstić information content (AvgIpc) is 3.16. The van der Waals surface area contributed by atoms with E-state index in [1.807, 2.05) is 0 Å². The lowest BCUT2D eigenvalue weighted by Gasteiger charge is -2.39. The smallest absolute Gasteiger partial charge is 0.219 e. The summed E-state index contributed by atoms with van der Waals surface area (Å²) >= 11 is 0. The highest BCUT2D eigenvalue weighted by Crippen LogP contribution is 2.32. The molecule has 0 saturated carbocycles. The number of hydrogen-bond donors (Lipinski definition) is 3. The van der Waals surface area contributed by atoms with Crippen molar-refractivity contribution in [1.29, 1.82) is 0 Å². The first kappa shape index (κ1) is 51.6. The van der Waals surface area contributed by atoms with Gasteiger partial charge in [-0.3, -0.25) is 14.4 Å². The van der Waals surface area contributed by atoms with E-state index in [2.05, 4.69) is 32.9 Å². The molecule has 6 heteroatoms. The Morgan fingerprint density at radius 2 is 0.642 bits per heavy atom. The van der Waals surface area contributed by atoms with Crippen molar-refractivity contribution in [2.24, 2.45) is 0 Å². The molecule has 0 aliphatic carbocycles. The molecule has 0 saturated heterocycles. The monoisotopic (exact) mass is 749 g/mol. The number of hydrogen-bond acceptors (Lipinski definition) is 6. The summed E-state index contributed by atoms with van der Waals surface area (Å²) in [7, 11) is 0. The van der Waals surface area contributed by atoms with Gasteiger partial charge in [0.1, 0.15) is 0 Å². The van der Waals surface area contributed by atoms with Crippen LogP contribution in [0.25, 0.3) is 0 Å². The van der Waals surface area contributed by atoms with Crippen LogP contribution in [-0.2, 0) is 14.4 Å². The van der Waals surface area contributed by atoms with Crippen LogP contribution in [0.4, 0.5) is 0 Å². The quantitative estimate of drug-likeness (QED) is 0.0325. The summed E-state index contributed by atoms with van der Waals surface area (Å²) in [5, 5.41) is 33.8. The van der Waals surface area contributed by atoms with Crippen molar-refractivity contribution < 1.29 is 29.7 Å². The fraction of sp³-hybridized carbons (Fsp3) is 0.894. The molecule has 0 aromatic heterocycles. The van der Waals surface area contributed by atoms with Crippen LogP contribution in [0.2, 0.25) is 0 Å². The Bertz CT molecular complexity index is 899. The molecule has 0 heterocycles. The number of Topliss-reactive ketones (excluding diaryl/α,β-unsaturated/α-hetero) is 3. The number of unbranched alkanes of at least 4 members (excludes halogenated alkanes) is 29. The van der Waals surface area contributed by atoms with E-state index >= 15 is 0 Å². The number of allylic oxidation sites excluding steroid dienone is 2. The molecule has 0 rings (SSSR count). The molecule has 0 fully saturated rings. The molecule has 312 valence electrons. The van der Waals surface area contributed by atoms with Crippen LogP contribution in [0.15, 0.2) is 12.2 Å². The summed E-state index contributed by atoms with van der Waals surface area (Å²) in [6.07, 6.45) is 40.1. The lowest BCUT2D eigenvalue weighted by molar-refractivity contribution is -0.194. The van der Waals surface area contributed by atoms with Gasteiger partial charge in [0.15, 0.2) is 23.0 Å². The van der Waals surface area contributed by atoms with Gasteiger partial charge >= 0.3 is 0 Å². The van der Waals surface area contributed by atoms with Crippen LogP contribution in [0, 0.1) is 0 Å². The summed E-state index contributed by atoms with van der Waals surface area (Å²) in [5.41, 5.74) is -5.74. The first-order chi connectivity index (χ1) is 25.8. The zero-order valence-electron chi connectivity index (χ0n) is 35.4. The molecule has 0 aromatic carbocycles. The molecular formula is C47H88O6. The second-order valence-electron chi connectivity index (χ2n) is 16.2. The molecule has 0 aliphatic rings. The van der Waals surface area contributed by atoms with E-state index in [0.717, 1.165) is 77.0 Å². The molecule has 0 bridgehead atoms. The summed E-state index contributed by atoms with van der Waals surface area (Å²) in [4.78, 5) is 40.8. The third kappa shape index (κ3) is 24.7. The van der Waals surface area contributed by atoms with Crippen molar-refractivity contribution in [3.63, 3.8) is 0 Å². The molecule has 0 radical (unpaired) electrons. The number of aliphatic hydroxyl groups is 3. The van der Waals surface area contributed by atoms with Crippen molar-refractivity contribution in [3.05, 3.63) is 12.2 Å². The van der Waals surface area contributed by atoms with Gasteiger partial charge < -0.3 is 15.3 Å². The largest absolute Gasteiger partial charge is 0.393 e. The highest BCUT2D eigenvalue weighted by atomic mass is 16.4. The zero-order chi connectivity index (χ0) is 39.3. The third-order valence-electron chi connectivity index (χ3n) is 11.3. The third-order valence-corrected chi connectivity index (χ3v) is 11.3. The van der Waals surface area contributed by atoms with E-state index in [9.17, 15) is 29.7 Å².